The number of tetrazole rings is 1. The third-order valence-electron chi connectivity index (χ3n) is 6.83. The first-order chi connectivity index (χ1) is 17.1. The largest absolute Gasteiger partial charge is 0.357 e. The van der Waals surface area contributed by atoms with Crippen LogP contribution in [0.3, 0.4) is 0 Å². The number of nitrogens with one attached hydrogen (secondary N) is 1. The molecule has 7 heteroatoms. The number of aromatic nitrogens is 5. The summed E-state index contributed by atoms with van der Waals surface area (Å²) in [6.45, 7) is 5.41. The summed E-state index contributed by atoms with van der Waals surface area (Å²) in [5.41, 5.74) is 7.09. The maximum Gasteiger partial charge on any atom is 0.254 e. The molecule has 1 N–H and O–H groups in total. The Morgan fingerprint density at radius 2 is 1.80 bits per heavy atom. The molecule has 174 valence electrons. The predicted molar refractivity (Wildman–Crippen MR) is 137 cm³/mol. The zero-order valence-corrected chi connectivity index (χ0v) is 19.8. The Bertz CT molecular complexity index is 1590. The molecule has 3 aromatic carbocycles. The first-order valence-corrected chi connectivity index (χ1v) is 11.9. The summed E-state index contributed by atoms with van der Waals surface area (Å²) in [5, 5.41) is 13.8. The van der Waals surface area contributed by atoms with Gasteiger partial charge in [-0.25, -0.2) is 4.68 Å². The highest BCUT2D eigenvalue weighted by Crippen LogP contribution is 2.37. The first kappa shape index (κ1) is 21.3. The van der Waals surface area contributed by atoms with Gasteiger partial charge in [-0.15, -0.1) is 5.10 Å². The van der Waals surface area contributed by atoms with E-state index in [1.54, 1.807) is 0 Å². The molecule has 0 saturated carbocycles. The van der Waals surface area contributed by atoms with E-state index in [2.05, 4.69) is 74.8 Å². The summed E-state index contributed by atoms with van der Waals surface area (Å²) in [5.74, 6) is 0.653. The smallest absolute Gasteiger partial charge is 0.254 e. The average Bonchev–Trinajstić information content (AvgIpc) is 3.49. The van der Waals surface area contributed by atoms with Crippen LogP contribution in [0.1, 0.15) is 39.7 Å². The van der Waals surface area contributed by atoms with Gasteiger partial charge in [0.1, 0.15) is 6.04 Å². The zero-order valence-electron chi connectivity index (χ0n) is 19.8. The molecule has 0 saturated heterocycles. The van der Waals surface area contributed by atoms with Gasteiger partial charge in [0, 0.05) is 17.8 Å². The number of H-pyrrole nitrogens is 1. The number of rotatable bonds is 5. The van der Waals surface area contributed by atoms with Crippen molar-refractivity contribution in [3.05, 3.63) is 117 Å². The van der Waals surface area contributed by atoms with Gasteiger partial charge in [-0.3, -0.25) is 4.79 Å². The van der Waals surface area contributed by atoms with Crippen molar-refractivity contribution in [3.8, 4) is 0 Å². The fourth-order valence-corrected chi connectivity index (χ4v) is 5.26. The fraction of sp³-hybridized carbons (Fsp3) is 0.214. The first-order valence-electron chi connectivity index (χ1n) is 11.9. The standard InChI is InChI=1S/C28H26N6O/c1-18-14-19(2)25-22(15-18)16-23(28(35)29-25)26(33-13-12-21-10-6-7-11-24(21)33)27-30-31-32-34(27)17-20-8-4-3-5-9-20/h3-11,14-16,26H,12-13,17H2,1-2H3,(H,29,35)/t26-/m1/s1. The highest BCUT2D eigenvalue weighted by Gasteiger charge is 2.34. The number of para-hydroxylation sites is 1. The average molecular weight is 463 g/mol. The molecule has 1 aliphatic heterocycles. The van der Waals surface area contributed by atoms with Gasteiger partial charge < -0.3 is 9.88 Å². The molecular weight excluding hydrogens is 436 g/mol. The second-order valence-corrected chi connectivity index (χ2v) is 9.25. The van der Waals surface area contributed by atoms with E-state index in [0.29, 0.717) is 17.9 Å². The maximum absolute atomic E-state index is 13.6. The van der Waals surface area contributed by atoms with Crippen LogP contribution in [-0.4, -0.2) is 31.7 Å². The van der Waals surface area contributed by atoms with E-state index < -0.39 is 6.04 Å². The third-order valence-corrected chi connectivity index (χ3v) is 6.83. The Balaban J connectivity index is 1.55. The van der Waals surface area contributed by atoms with E-state index in [1.165, 1.54) is 5.56 Å². The van der Waals surface area contributed by atoms with Gasteiger partial charge >= 0.3 is 0 Å². The van der Waals surface area contributed by atoms with Crippen LogP contribution < -0.4 is 10.5 Å². The quantitative estimate of drug-likeness (QED) is 0.421. The number of hydrogen-bond acceptors (Lipinski definition) is 5. The van der Waals surface area contributed by atoms with Crippen LogP contribution >= 0.6 is 0 Å². The van der Waals surface area contributed by atoms with Gasteiger partial charge in [0.25, 0.3) is 5.56 Å². The monoisotopic (exact) mass is 462 g/mol. The zero-order chi connectivity index (χ0) is 23.9. The van der Waals surface area contributed by atoms with Gasteiger partial charge in [0.2, 0.25) is 0 Å². The minimum atomic E-state index is -0.425. The lowest BCUT2D eigenvalue weighted by Crippen LogP contribution is -2.34. The molecule has 1 aliphatic rings. The topological polar surface area (TPSA) is 79.7 Å². The Morgan fingerprint density at radius 1 is 1.00 bits per heavy atom. The number of aryl methyl sites for hydroxylation is 2. The van der Waals surface area contributed by atoms with Crippen molar-refractivity contribution in [2.75, 3.05) is 11.4 Å². The van der Waals surface area contributed by atoms with Crippen LogP contribution in [-0.2, 0) is 13.0 Å². The molecule has 0 fully saturated rings. The molecule has 3 heterocycles. The molecule has 7 nitrogen and oxygen atoms in total. The summed E-state index contributed by atoms with van der Waals surface area (Å²) in [6.07, 6.45) is 0.913. The summed E-state index contributed by atoms with van der Waals surface area (Å²) in [7, 11) is 0. The lowest BCUT2D eigenvalue weighted by atomic mass is 10.0. The van der Waals surface area contributed by atoms with Crippen molar-refractivity contribution in [2.45, 2.75) is 32.9 Å². The third kappa shape index (κ3) is 3.79. The Labute approximate surface area is 203 Å². The molecule has 5 aromatic rings. The number of benzene rings is 3. The van der Waals surface area contributed by atoms with Gasteiger partial charge in [-0.05, 0) is 71.0 Å². The highest BCUT2D eigenvalue weighted by atomic mass is 16.1. The molecule has 6 rings (SSSR count). The van der Waals surface area contributed by atoms with Gasteiger partial charge in [-0.2, -0.15) is 0 Å². The van der Waals surface area contributed by atoms with Crippen molar-refractivity contribution >= 4 is 16.6 Å². The molecule has 0 amide bonds. The van der Waals surface area contributed by atoms with Crippen LogP contribution in [0.15, 0.2) is 77.6 Å². The number of hydrogen-bond donors (Lipinski definition) is 1. The summed E-state index contributed by atoms with van der Waals surface area (Å²) >= 11 is 0. The van der Waals surface area contributed by atoms with Gasteiger partial charge in [0.15, 0.2) is 5.82 Å². The molecule has 0 unspecified atom stereocenters. The predicted octanol–water partition coefficient (Wildman–Crippen LogP) is 4.33. The second-order valence-electron chi connectivity index (χ2n) is 9.25. The molecule has 0 bridgehead atoms. The second kappa shape index (κ2) is 8.51. The van der Waals surface area contributed by atoms with E-state index in [4.69, 9.17) is 0 Å². The number of anilines is 1. The number of pyridine rings is 1. The van der Waals surface area contributed by atoms with Crippen LogP contribution in [0.2, 0.25) is 0 Å². The van der Waals surface area contributed by atoms with E-state index in [1.807, 2.05) is 41.9 Å². The minimum absolute atomic E-state index is 0.118. The van der Waals surface area contributed by atoms with E-state index in [-0.39, 0.29) is 5.56 Å². The van der Waals surface area contributed by atoms with Crippen molar-refractivity contribution in [1.82, 2.24) is 25.2 Å². The number of nitrogens with zero attached hydrogens (tertiary/aromatic N) is 5. The molecule has 35 heavy (non-hydrogen) atoms. The number of fused-ring (bicyclic) bond motifs is 2. The normalized spacial score (nSPS) is 13.8. The minimum Gasteiger partial charge on any atom is -0.357 e. The van der Waals surface area contributed by atoms with Crippen molar-refractivity contribution in [3.63, 3.8) is 0 Å². The molecule has 0 aliphatic carbocycles. The van der Waals surface area contributed by atoms with Crippen molar-refractivity contribution < 1.29 is 0 Å². The molecule has 0 spiro atoms. The lowest BCUT2D eigenvalue weighted by molar-refractivity contribution is 0.577. The molecule has 2 aromatic heterocycles. The summed E-state index contributed by atoms with van der Waals surface area (Å²) in [4.78, 5) is 19.0. The van der Waals surface area contributed by atoms with Crippen LogP contribution in [0.25, 0.3) is 10.9 Å². The molecular formula is C28H26N6O. The van der Waals surface area contributed by atoms with Gasteiger partial charge in [-0.1, -0.05) is 60.2 Å². The van der Waals surface area contributed by atoms with Gasteiger partial charge in [0.05, 0.1) is 12.1 Å². The van der Waals surface area contributed by atoms with E-state index in [9.17, 15) is 4.79 Å². The molecule has 1 atom stereocenters. The maximum atomic E-state index is 13.6. The Morgan fingerprint density at radius 3 is 2.66 bits per heavy atom. The van der Waals surface area contributed by atoms with Crippen molar-refractivity contribution in [1.29, 1.82) is 0 Å². The Hall–Kier alpha value is -4.26. The number of aromatic amines is 1. The van der Waals surface area contributed by atoms with E-state index in [0.717, 1.165) is 46.2 Å². The van der Waals surface area contributed by atoms with Crippen LogP contribution in [0, 0.1) is 13.8 Å². The fourth-order valence-electron chi connectivity index (χ4n) is 5.26. The van der Waals surface area contributed by atoms with Crippen LogP contribution in [0.4, 0.5) is 5.69 Å². The lowest BCUT2D eigenvalue weighted by Gasteiger charge is -2.29. The highest BCUT2D eigenvalue weighted by molar-refractivity contribution is 5.83. The summed E-state index contributed by atoms with van der Waals surface area (Å²) < 4.78 is 1.81. The molecule has 0 radical (unpaired) electrons. The summed E-state index contributed by atoms with van der Waals surface area (Å²) in [6, 6.07) is 24.3. The van der Waals surface area contributed by atoms with E-state index >= 15 is 0 Å². The Kier molecular flexibility index (Phi) is 5.17. The SMILES string of the molecule is Cc1cc(C)c2[nH]c(=O)c([C@H](c3nnnn3Cc3ccccc3)N3CCc4ccccc43)cc2c1. The van der Waals surface area contributed by atoms with Crippen LogP contribution in [0.5, 0.6) is 0 Å². The van der Waals surface area contributed by atoms with Crippen molar-refractivity contribution in [2.24, 2.45) is 0 Å².